The summed E-state index contributed by atoms with van der Waals surface area (Å²) in [4.78, 5) is 40.3. The van der Waals surface area contributed by atoms with E-state index in [2.05, 4.69) is 10.3 Å². The predicted octanol–water partition coefficient (Wildman–Crippen LogP) is 2.30. The Kier molecular flexibility index (Phi) is 5.02. The van der Waals surface area contributed by atoms with E-state index in [0.29, 0.717) is 5.69 Å². The molecule has 0 bridgehead atoms. The summed E-state index contributed by atoms with van der Waals surface area (Å²) in [5.74, 6) is -1.19. The van der Waals surface area contributed by atoms with Gasteiger partial charge in [-0.1, -0.05) is 19.1 Å². The van der Waals surface area contributed by atoms with Crippen LogP contribution in [-0.2, 0) is 16.0 Å². The van der Waals surface area contributed by atoms with E-state index in [1.807, 2.05) is 19.1 Å². The lowest BCUT2D eigenvalue weighted by Gasteiger charge is -2.29. The van der Waals surface area contributed by atoms with Crippen LogP contribution in [0.15, 0.2) is 36.4 Å². The summed E-state index contributed by atoms with van der Waals surface area (Å²) in [6.07, 6.45) is 0.883. The molecule has 1 unspecified atom stereocenters. The Bertz CT molecular complexity index is 897. The number of carbonyl (C=O) groups is 2. The lowest BCUT2D eigenvalue weighted by Crippen LogP contribution is -2.50. The number of hydrogen-bond donors (Lipinski definition) is 1. The highest BCUT2D eigenvalue weighted by atomic mass is 16.6. The summed E-state index contributed by atoms with van der Waals surface area (Å²) in [7, 11) is 0. The zero-order chi connectivity index (χ0) is 19.6. The fraction of sp³-hybridized carbons (Fsp3) is 0.278. The Morgan fingerprint density at radius 1 is 1.33 bits per heavy atom. The zero-order valence-corrected chi connectivity index (χ0v) is 14.8. The molecule has 1 aliphatic rings. The van der Waals surface area contributed by atoms with Gasteiger partial charge in [0.2, 0.25) is 5.91 Å². The van der Waals surface area contributed by atoms with Gasteiger partial charge in [-0.3, -0.25) is 14.5 Å². The fourth-order valence-corrected chi connectivity index (χ4v) is 2.73. The first kappa shape index (κ1) is 18.3. The first-order valence-electron chi connectivity index (χ1n) is 8.40. The molecule has 9 heteroatoms. The smallest absolute Gasteiger partial charge is 0.366 e. The highest BCUT2D eigenvalue weighted by Gasteiger charge is 2.38. The second-order valence-corrected chi connectivity index (χ2v) is 6.02. The molecule has 0 spiro atoms. The topological polar surface area (TPSA) is 115 Å². The van der Waals surface area contributed by atoms with Crippen molar-refractivity contribution < 1.29 is 19.2 Å². The number of anilines is 2. The molecule has 2 heterocycles. The number of fused-ring (bicyclic) bond motifs is 1. The van der Waals surface area contributed by atoms with Gasteiger partial charge in [-0.05, 0) is 47.0 Å². The lowest BCUT2D eigenvalue weighted by molar-refractivity contribution is -0.389. The monoisotopic (exact) mass is 370 g/mol. The van der Waals surface area contributed by atoms with Gasteiger partial charge in [-0.2, -0.15) is 0 Å². The average molecular weight is 370 g/mol. The number of ether oxygens (including phenoxy) is 1. The molecule has 140 valence electrons. The van der Waals surface area contributed by atoms with Gasteiger partial charge in [-0.25, -0.2) is 0 Å². The van der Waals surface area contributed by atoms with Gasteiger partial charge in [0.25, 0.3) is 11.7 Å². The quantitative estimate of drug-likeness (QED) is 0.638. The molecule has 0 saturated carbocycles. The Morgan fingerprint density at radius 2 is 2.04 bits per heavy atom. The molecule has 2 amide bonds. The van der Waals surface area contributed by atoms with Crippen LogP contribution in [-0.4, -0.2) is 34.4 Å². The highest BCUT2D eigenvalue weighted by Crippen LogP contribution is 2.33. The van der Waals surface area contributed by atoms with E-state index < -0.39 is 28.6 Å². The number of pyridine rings is 1. The van der Waals surface area contributed by atoms with Gasteiger partial charge in [0.15, 0.2) is 12.4 Å². The average Bonchev–Trinajstić information content (AvgIpc) is 2.67. The third-order valence-electron chi connectivity index (χ3n) is 4.26. The van der Waals surface area contributed by atoms with E-state index >= 15 is 0 Å². The molecule has 1 aromatic heterocycles. The number of amides is 2. The van der Waals surface area contributed by atoms with E-state index in [1.54, 1.807) is 12.1 Å². The van der Waals surface area contributed by atoms with Crippen molar-refractivity contribution >= 4 is 29.1 Å². The second kappa shape index (κ2) is 7.40. The van der Waals surface area contributed by atoms with E-state index in [-0.39, 0.29) is 18.2 Å². The van der Waals surface area contributed by atoms with Crippen molar-refractivity contribution in [3.05, 3.63) is 52.1 Å². The van der Waals surface area contributed by atoms with E-state index in [1.165, 1.54) is 19.1 Å². The van der Waals surface area contributed by atoms with Crippen LogP contribution in [0.3, 0.4) is 0 Å². The van der Waals surface area contributed by atoms with E-state index in [4.69, 9.17) is 4.74 Å². The van der Waals surface area contributed by atoms with Gasteiger partial charge in [0, 0.05) is 11.8 Å². The molecule has 27 heavy (non-hydrogen) atoms. The van der Waals surface area contributed by atoms with Crippen LogP contribution in [0.1, 0.15) is 19.4 Å². The van der Waals surface area contributed by atoms with Crippen molar-refractivity contribution in [3.63, 3.8) is 0 Å². The first-order valence-corrected chi connectivity index (χ1v) is 8.40. The van der Waals surface area contributed by atoms with Crippen LogP contribution in [0, 0.1) is 10.1 Å². The number of nitrogens with one attached hydrogen (secondary N) is 1. The number of aryl methyl sites for hydroxylation is 1. The molecule has 1 aromatic carbocycles. The summed E-state index contributed by atoms with van der Waals surface area (Å²) in [5.41, 5.74) is 1.73. The summed E-state index contributed by atoms with van der Waals surface area (Å²) in [6, 6.07) is 8.99. The molecule has 0 fully saturated rings. The molecule has 1 atom stereocenters. The number of hydrogen-bond acceptors (Lipinski definition) is 6. The Balaban J connectivity index is 1.85. The SMILES string of the molecule is CCc1ccc(NC(=O)C(C)N2C(=O)COc3ccc([N+](=O)[O-])nc32)cc1. The first-order chi connectivity index (χ1) is 12.9. The van der Waals surface area contributed by atoms with Crippen molar-refractivity contribution in [2.45, 2.75) is 26.3 Å². The van der Waals surface area contributed by atoms with Crippen LogP contribution < -0.4 is 15.0 Å². The molecular formula is C18H18N4O5. The molecule has 0 aliphatic carbocycles. The van der Waals surface area contributed by atoms with Crippen LogP contribution >= 0.6 is 0 Å². The maximum Gasteiger partial charge on any atom is 0.366 e. The van der Waals surface area contributed by atoms with Crippen LogP contribution in [0.4, 0.5) is 17.3 Å². The molecule has 1 N–H and O–H groups in total. The summed E-state index contributed by atoms with van der Waals surface area (Å²) in [5, 5.41) is 13.7. The normalized spacial score (nSPS) is 14.1. The van der Waals surface area contributed by atoms with E-state index in [9.17, 15) is 19.7 Å². The van der Waals surface area contributed by atoms with Gasteiger partial charge < -0.3 is 20.2 Å². The minimum Gasteiger partial charge on any atom is -0.477 e. The van der Waals surface area contributed by atoms with Crippen LogP contribution in [0.2, 0.25) is 0 Å². The van der Waals surface area contributed by atoms with Gasteiger partial charge >= 0.3 is 5.82 Å². The summed E-state index contributed by atoms with van der Waals surface area (Å²) >= 11 is 0. The van der Waals surface area contributed by atoms with Crippen molar-refractivity contribution in [3.8, 4) is 5.75 Å². The predicted molar refractivity (Wildman–Crippen MR) is 97.8 cm³/mol. The summed E-state index contributed by atoms with van der Waals surface area (Å²) < 4.78 is 5.27. The maximum absolute atomic E-state index is 12.6. The van der Waals surface area contributed by atoms with Crippen molar-refractivity contribution in [2.75, 3.05) is 16.8 Å². The fourth-order valence-electron chi connectivity index (χ4n) is 2.73. The van der Waals surface area contributed by atoms with Crippen LogP contribution in [0.5, 0.6) is 5.75 Å². The van der Waals surface area contributed by atoms with Crippen molar-refractivity contribution in [1.29, 1.82) is 0 Å². The Hall–Kier alpha value is -3.49. The minimum atomic E-state index is -0.930. The second-order valence-electron chi connectivity index (χ2n) is 6.02. The number of aromatic nitrogens is 1. The third kappa shape index (κ3) is 3.71. The molecule has 2 aromatic rings. The number of nitrogens with zero attached hydrogens (tertiary/aromatic N) is 3. The molecule has 0 radical (unpaired) electrons. The number of nitro groups is 1. The zero-order valence-electron chi connectivity index (χ0n) is 14.8. The molecular weight excluding hydrogens is 352 g/mol. The highest BCUT2D eigenvalue weighted by molar-refractivity contribution is 6.06. The molecule has 9 nitrogen and oxygen atoms in total. The standard InChI is InChI=1S/C18H18N4O5/c1-3-12-4-6-13(7-5-12)19-18(24)11(2)21-16(23)10-27-14-8-9-15(22(25)26)20-17(14)21/h4-9,11H,3,10H2,1-2H3,(H,19,24). The van der Waals surface area contributed by atoms with Gasteiger partial charge in [-0.15, -0.1) is 0 Å². The van der Waals surface area contributed by atoms with Crippen molar-refractivity contribution in [1.82, 2.24) is 4.98 Å². The Labute approximate surface area is 155 Å². The van der Waals surface area contributed by atoms with Gasteiger partial charge in [0.05, 0.1) is 0 Å². The molecule has 0 saturated heterocycles. The third-order valence-corrected chi connectivity index (χ3v) is 4.26. The van der Waals surface area contributed by atoms with Crippen LogP contribution in [0.25, 0.3) is 0 Å². The van der Waals surface area contributed by atoms with Gasteiger partial charge in [0.1, 0.15) is 6.04 Å². The summed E-state index contributed by atoms with van der Waals surface area (Å²) in [6.45, 7) is 3.29. The van der Waals surface area contributed by atoms with E-state index in [0.717, 1.165) is 16.9 Å². The lowest BCUT2D eigenvalue weighted by atomic mass is 10.1. The number of carbonyl (C=O) groups excluding carboxylic acids is 2. The number of rotatable bonds is 5. The maximum atomic E-state index is 12.6. The molecule has 1 aliphatic heterocycles. The largest absolute Gasteiger partial charge is 0.477 e. The molecule has 3 rings (SSSR count). The Morgan fingerprint density at radius 3 is 2.67 bits per heavy atom. The van der Waals surface area contributed by atoms with Crippen molar-refractivity contribution in [2.24, 2.45) is 0 Å². The number of benzene rings is 1. The minimum absolute atomic E-state index is 0.0376.